The molecule has 0 amide bonds. The second-order valence-electron chi connectivity index (χ2n) is 13.5. The number of fused-ring (bicyclic) bond motifs is 3. The minimum Gasteiger partial charge on any atom is -0.457 e. The number of allylic oxidation sites excluding steroid dienone is 1. The number of aliphatic hydroxyl groups is 1. The van der Waals surface area contributed by atoms with Crippen LogP contribution in [0.25, 0.3) is 0 Å². The highest BCUT2D eigenvalue weighted by molar-refractivity contribution is 5.77. The highest BCUT2D eigenvalue weighted by Crippen LogP contribution is 2.72. The molecular weight excluding hydrogens is 408 g/mol. The van der Waals surface area contributed by atoms with Crippen LogP contribution in [0, 0.1) is 45.8 Å². The molecule has 5 rings (SSSR count). The van der Waals surface area contributed by atoms with E-state index in [1.54, 1.807) is 0 Å². The van der Waals surface area contributed by atoms with Gasteiger partial charge >= 0.3 is 5.97 Å². The van der Waals surface area contributed by atoms with Crippen LogP contribution in [0.15, 0.2) is 23.8 Å². The molecular formula is C30H46O3. The van der Waals surface area contributed by atoms with E-state index in [2.05, 4.69) is 34.3 Å². The summed E-state index contributed by atoms with van der Waals surface area (Å²) in [6, 6.07) is 0. The Balaban J connectivity index is 1.41. The van der Waals surface area contributed by atoms with Crippen LogP contribution in [0.1, 0.15) is 98.8 Å². The van der Waals surface area contributed by atoms with Crippen molar-refractivity contribution in [3.05, 3.63) is 23.8 Å². The van der Waals surface area contributed by atoms with Crippen molar-refractivity contribution in [1.29, 1.82) is 0 Å². The molecule has 4 fully saturated rings. The molecule has 9 atom stereocenters. The normalized spacial score (nSPS) is 49.3. The van der Waals surface area contributed by atoms with Crippen molar-refractivity contribution in [2.45, 2.75) is 111 Å². The number of hydrogen-bond donors (Lipinski definition) is 1. The molecule has 2 bridgehead atoms. The van der Waals surface area contributed by atoms with E-state index in [1.807, 2.05) is 13.0 Å². The lowest BCUT2D eigenvalue weighted by molar-refractivity contribution is -0.191. The number of hydrogen-bond acceptors (Lipinski definition) is 3. The highest BCUT2D eigenvalue weighted by Gasteiger charge is 2.65. The molecule has 0 aromatic rings. The molecule has 33 heavy (non-hydrogen) atoms. The van der Waals surface area contributed by atoms with Gasteiger partial charge in [0, 0.05) is 5.92 Å². The first-order chi connectivity index (χ1) is 15.5. The fraction of sp³-hybridized carbons (Fsp3) is 0.833. The average Bonchev–Trinajstić information content (AvgIpc) is 2.98. The Morgan fingerprint density at radius 3 is 2.64 bits per heavy atom. The van der Waals surface area contributed by atoms with Crippen LogP contribution >= 0.6 is 0 Å². The summed E-state index contributed by atoms with van der Waals surface area (Å²) in [5, 5.41) is 10.4. The molecule has 3 nitrogen and oxygen atoms in total. The van der Waals surface area contributed by atoms with Crippen molar-refractivity contribution in [2.24, 2.45) is 45.8 Å². The van der Waals surface area contributed by atoms with Gasteiger partial charge < -0.3 is 9.84 Å². The first kappa shape index (κ1) is 23.6. The maximum absolute atomic E-state index is 14.0. The Labute approximate surface area is 201 Å². The van der Waals surface area contributed by atoms with Gasteiger partial charge in [0.05, 0.1) is 11.5 Å². The summed E-state index contributed by atoms with van der Waals surface area (Å²) in [6.07, 6.45) is 13.1. The molecule has 0 unspecified atom stereocenters. The standard InChI is InChI=1S/C30H46O3/c1-18(2)22-15-23(31)19(3)14-24(22)33-27(32)29(6)12-7-11-28(5)25(29)10-13-30-16-20(4)21(17-30)8-9-26(28)30/h14,18,21-26,31H,4,7-13,15-17H2,1-3,5-6H3/t21-,22-,23+,24+,25+,26+,28-,29-,30-/m1/s1. The molecule has 0 aliphatic heterocycles. The van der Waals surface area contributed by atoms with Crippen LogP contribution < -0.4 is 0 Å². The van der Waals surface area contributed by atoms with E-state index < -0.39 is 11.5 Å². The van der Waals surface area contributed by atoms with Crippen LogP contribution in [0.2, 0.25) is 0 Å². The Kier molecular flexibility index (Phi) is 5.71. The molecule has 0 aromatic carbocycles. The number of carbonyl (C=O) groups excluding carboxylic acids is 1. The third-order valence-electron chi connectivity index (χ3n) is 11.5. The van der Waals surface area contributed by atoms with Gasteiger partial charge in [0.25, 0.3) is 0 Å². The van der Waals surface area contributed by atoms with E-state index in [-0.39, 0.29) is 23.4 Å². The minimum absolute atomic E-state index is 0.0231. The first-order valence-corrected chi connectivity index (χ1v) is 13.8. The van der Waals surface area contributed by atoms with E-state index in [1.165, 1.54) is 44.1 Å². The van der Waals surface area contributed by atoms with Crippen molar-refractivity contribution in [1.82, 2.24) is 0 Å². The predicted molar refractivity (Wildman–Crippen MR) is 132 cm³/mol. The minimum atomic E-state index is -0.410. The van der Waals surface area contributed by atoms with E-state index in [4.69, 9.17) is 4.74 Å². The van der Waals surface area contributed by atoms with Gasteiger partial charge in [0.15, 0.2) is 0 Å². The summed E-state index contributed by atoms with van der Waals surface area (Å²) in [5.74, 6) is 2.46. The van der Waals surface area contributed by atoms with Gasteiger partial charge in [-0.2, -0.15) is 0 Å². The summed E-state index contributed by atoms with van der Waals surface area (Å²) < 4.78 is 6.39. The van der Waals surface area contributed by atoms with Crippen LogP contribution in [0.5, 0.6) is 0 Å². The van der Waals surface area contributed by atoms with Gasteiger partial charge in [-0.05, 0) is 118 Å². The Morgan fingerprint density at radius 1 is 1.15 bits per heavy atom. The fourth-order valence-corrected chi connectivity index (χ4v) is 9.70. The maximum Gasteiger partial charge on any atom is 0.312 e. The summed E-state index contributed by atoms with van der Waals surface area (Å²) in [7, 11) is 0. The lowest BCUT2D eigenvalue weighted by atomic mass is 9.41. The Bertz CT molecular complexity index is 857. The summed E-state index contributed by atoms with van der Waals surface area (Å²) in [6.45, 7) is 15.6. The van der Waals surface area contributed by atoms with Crippen LogP contribution in [0.3, 0.4) is 0 Å². The molecule has 5 aliphatic carbocycles. The van der Waals surface area contributed by atoms with Crippen LogP contribution in [0.4, 0.5) is 0 Å². The fourth-order valence-electron chi connectivity index (χ4n) is 9.70. The second kappa shape index (κ2) is 7.97. The monoisotopic (exact) mass is 454 g/mol. The third-order valence-corrected chi connectivity index (χ3v) is 11.5. The van der Waals surface area contributed by atoms with Gasteiger partial charge in [-0.15, -0.1) is 0 Å². The number of aliphatic hydroxyl groups excluding tert-OH is 1. The molecule has 184 valence electrons. The molecule has 4 saturated carbocycles. The van der Waals surface area contributed by atoms with Gasteiger partial charge in [-0.25, -0.2) is 0 Å². The molecule has 5 aliphatic rings. The zero-order chi connectivity index (χ0) is 23.8. The number of ether oxygens (including phenoxy) is 1. The lowest BCUT2D eigenvalue weighted by Gasteiger charge is -2.63. The molecule has 0 saturated heterocycles. The molecule has 1 N–H and O–H groups in total. The molecule has 3 heteroatoms. The van der Waals surface area contributed by atoms with Gasteiger partial charge in [0.2, 0.25) is 0 Å². The summed E-state index contributed by atoms with van der Waals surface area (Å²) in [4.78, 5) is 14.0. The molecule has 0 aromatic heterocycles. The summed E-state index contributed by atoms with van der Waals surface area (Å²) >= 11 is 0. The van der Waals surface area contributed by atoms with E-state index in [0.717, 1.165) is 36.7 Å². The van der Waals surface area contributed by atoms with E-state index >= 15 is 0 Å². The largest absolute Gasteiger partial charge is 0.457 e. The van der Waals surface area contributed by atoms with E-state index in [9.17, 15) is 9.90 Å². The molecule has 1 spiro atoms. The number of esters is 1. The van der Waals surface area contributed by atoms with Crippen LogP contribution in [-0.4, -0.2) is 23.3 Å². The topological polar surface area (TPSA) is 46.5 Å². The first-order valence-electron chi connectivity index (χ1n) is 13.8. The quantitative estimate of drug-likeness (QED) is 0.375. The SMILES string of the molecule is C=C1C[C@@]23CC[C@H]4[C@@](C)(CCC[C@@]4(C)C(=O)O[C@H]4C=C(C)[C@@H](O)C[C@@H]4C(C)C)[C@@H]2CC[C@@H]1C3. The number of carbonyl (C=O) groups is 1. The van der Waals surface area contributed by atoms with Crippen molar-refractivity contribution in [3.63, 3.8) is 0 Å². The van der Waals surface area contributed by atoms with Crippen molar-refractivity contribution in [2.75, 3.05) is 0 Å². The van der Waals surface area contributed by atoms with Crippen LogP contribution in [-0.2, 0) is 9.53 Å². The van der Waals surface area contributed by atoms with Gasteiger partial charge in [-0.1, -0.05) is 39.3 Å². The van der Waals surface area contributed by atoms with E-state index in [0.29, 0.717) is 23.7 Å². The highest BCUT2D eigenvalue weighted by atomic mass is 16.5. The molecule has 0 heterocycles. The average molecular weight is 455 g/mol. The lowest BCUT2D eigenvalue weighted by Crippen LogP contribution is -2.58. The zero-order valence-corrected chi connectivity index (χ0v) is 21.7. The maximum atomic E-state index is 14.0. The van der Waals surface area contributed by atoms with Gasteiger partial charge in [-0.3, -0.25) is 4.79 Å². The van der Waals surface area contributed by atoms with Gasteiger partial charge in [0.1, 0.15) is 6.10 Å². The van der Waals surface area contributed by atoms with Crippen molar-refractivity contribution >= 4 is 5.97 Å². The second-order valence-corrected chi connectivity index (χ2v) is 13.5. The smallest absolute Gasteiger partial charge is 0.312 e. The number of rotatable bonds is 3. The Hall–Kier alpha value is -1.09. The summed E-state index contributed by atoms with van der Waals surface area (Å²) in [5.41, 5.74) is 2.74. The Morgan fingerprint density at radius 2 is 1.91 bits per heavy atom. The van der Waals surface area contributed by atoms with Crippen molar-refractivity contribution < 1.29 is 14.6 Å². The molecule has 0 radical (unpaired) electrons. The zero-order valence-electron chi connectivity index (χ0n) is 21.7. The predicted octanol–water partition coefficient (Wildman–Crippen LogP) is 6.85. The third kappa shape index (κ3) is 3.50. The van der Waals surface area contributed by atoms with Crippen molar-refractivity contribution in [3.8, 4) is 0 Å².